The first-order chi connectivity index (χ1) is 13.9. The summed E-state index contributed by atoms with van der Waals surface area (Å²) in [5, 5.41) is 6.41. The molecular formula is C21H26F4N4. The molecule has 0 unspecified atom stereocenters. The van der Waals surface area contributed by atoms with Gasteiger partial charge in [-0.1, -0.05) is 18.2 Å². The van der Waals surface area contributed by atoms with E-state index in [1.807, 2.05) is 17.0 Å². The van der Waals surface area contributed by atoms with Crippen molar-refractivity contribution in [1.29, 1.82) is 0 Å². The van der Waals surface area contributed by atoms with Crippen molar-refractivity contribution in [3.05, 3.63) is 59.9 Å². The van der Waals surface area contributed by atoms with Crippen LogP contribution in [-0.2, 0) is 6.18 Å². The van der Waals surface area contributed by atoms with Gasteiger partial charge in [0.2, 0.25) is 0 Å². The van der Waals surface area contributed by atoms with E-state index in [0.29, 0.717) is 5.69 Å². The summed E-state index contributed by atoms with van der Waals surface area (Å²) >= 11 is 0. The molecule has 2 aliphatic rings. The second-order valence-electron chi connectivity index (χ2n) is 6.97. The summed E-state index contributed by atoms with van der Waals surface area (Å²) in [6.45, 7) is 6.79. The lowest BCUT2D eigenvalue weighted by Gasteiger charge is -2.29. The van der Waals surface area contributed by atoms with Crippen molar-refractivity contribution < 1.29 is 17.6 Å². The summed E-state index contributed by atoms with van der Waals surface area (Å²) in [6.07, 6.45) is -4.26. The van der Waals surface area contributed by atoms with Gasteiger partial charge in [-0.05, 0) is 30.3 Å². The smallest absolute Gasteiger partial charge is 0.369 e. The van der Waals surface area contributed by atoms with Crippen LogP contribution in [0.2, 0.25) is 0 Å². The van der Waals surface area contributed by atoms with E-state index in [2.05, 4.69) is 15.5 Å². The van der Waals surface area contributed by atoms with Crippen LogP contribution in [0.25, 0.3) is 0 Å². The Morgan fingerprint density at radius 2 is 1.31 bits per heavy atom. The number of nitrogens with one attached hydrogen (secondary N) is 2. The van der Waals surface area contributed by atoms with E-state index in [1.54, 1.807) is 12.1 Å². The molecule has 2 saturated heterocycles. The number of anilines is 2. The molecule has 0 aromatic heterocycles. The van der Waals surface area contributed by atoms with Crippen molar-refractivity contribution in [3.8, 4) is 0 Å². The van der Waals surface area contributed by atoms with E-state index < -0.39 is 11.7 Å². The van der Waals surface area contributed by atoms with E-state index >= 15 is 0 Å². The van der Waals surface area contributed by atoms with Gasteiger partial charge in [-0.2, -0.15) is 13.2 Å². The Morgan fingerprint density at radius 1 is 0.724 bits per heavy atom. The van der Waals surface area contributed by atoms with Crippen molar-refractivity contribution in [3.63, 3.8) is 0 Å². The first-order valence-electron chi connectivity index (χ1n) is 9.78. The Hall–Kier alpha value is -2.32. The molecule has 0 bridgehead atoms. The maximum absolute atomic E-state index is 13.3. The molecule has 158 valence electrons. The predicted octanol–water partition coefficient (Wildman–Crippen LogP) is 3.35. The minimum Gasteiger partial charge on any atom is -0.369 e. The van der Waals surface area contributed by atoms with E-state index in [4.69, 9.17) is 0 Å². The highest BCUT2D eigenvalue weighted by Crippen LogP contribution is 2.31. The Labute approximate surface area is 168 Å². The number of piperazine rings is 2. The average molecular weight is 410 g/mol. The number of para-hydroxylation sites is 1. The van der Waals surface area contributed by atoms with Gasteiger partial charge in [0.1, 0.15) is 5.82 Å². The lowest BCUT2D eigenvalue weighted by molar-refractivity contribution is -0.137. The SMILES string of the molecule is FC(F)(F)c1cccc(N2CCNCC2)c1.Fc1ccccc1N1CCNCC1. The van der Waals surface area contributed by atoms with Gasteiger partial charge in [-0.25, -0.2) is 4.39 Å². The number of rotatable bonds is 2. The second-order valence-corrected chi connectivity index (χ2v) is 6.97. The van der Waals surface area contributed by atoms with Crippen molar-refractivity contribution >= 4 is 11.4 Å². The van der Waals surface area contributed by atoms with Gasteiger partial charge in [-0.15, -0.1) is 0 Å². The van der Waals surface area contributed by atoms with Crippen molar-refractivity contribution in [1.82, 2.24) is 10.6 Å². The lowest BCUT2D eigenvalue weighted by Crippen LogP contribution is -2.43. The summed E-state index contributed by atoms with van der Waals surface area (Å²) in [5.74, 6) is -0.121. The molecule has 0 radical (unpaired) electrons. The second kappa shape index (κ2) is 9.93. The predicted molar refractivity (Wildman–Crippen MR) is 108 cm³/mol. The van der Waals surface area contributed by atoms with Gasteiger partial charge in [0, 0.05) is 58.0 Å². The number of alkyl halides is 3. The first kappa shape index (κ1) is 21.4. The Balaban J connectivity index is 0.000000169. The van der Waals surface area contributed by atoms with Gasteiger partial charge in [0.15, 0.2) is 0 Å². The Kier molecular flexibility index (Phi) is 7.33. The van der Waals surface area contributed by atoms with Crippen LogP contribution in [0.15, 0.2) is 48.5 Å². The average Bonchev–Trinajstić information content (AvgIpc) is 2.75. The van der Waals surface area contributed by atoms with Gasteiger partial charge < -0.3 is 20.4 Å². The maximum Gasteiger partial charge on any atom is 0.416 e. The highest BCUT2D eigenvalue weighted by Gasteiger charge is 2.30. The molecule has 0 amide bonds. The number of benzene rings is 2. The van der Waals surface area contributed by atoms with Crippen molar-refractivity contribution in [2.75, 3.05) is 62.2 Å². The lowest BCUT2D eigenvalue weighted by atomic mass is 10.1. The Morgan fingerprint density at radius 3 is 1.90 bits per heavy atom. The fraction of sp³-hybridized carbons (Fsp3) is 0.429. The van der Waals surface area contributed by atoms with Crippen LogP contribution in [-0.4, -0.2) is 52.4 Å². The molecular weight excluding hydrogens is 384 g/mol. The summed E-state index contributed by atoms with van der Waals surface area (Å²) in [7, 11) is 0. The number of halogens is 4. The normalized spacial score (nSPS) is 17.5. The van der Waals surface area contributed by atoms with Crippen LogP contribution in [0.4, 0.5) is 28.9 Å². The molecule has 4 rings (SSSR count). The molecule has 2 aliphatic heterocycles. The molecule has 0 spiro atoms. The van der Waals surface area contributed by atoms with E-state index in [1.165, 1.54) is 18.2 Å². The van der Waals surface area contributed by atoms with Crippen LogP contribution in [0.1, 0.15) is 5.56 Å². The zero-order chi connectivity index (χ0) is 20.7. The van der Waals surface area contributed by atoms with E-state index in [0.717, 1.165) is 64.1 Å². The minimum atomic E-state index is -4.26. The highest BCUT2D eigenvalue weighted by molar-refractivity contribution is 5.50. The third-order valence-corrected chi connectivity index (χ3v) is 4.97. The third-order valence-electron chi connectivity index (χ3n) is 4.97. The summed E-state index contributed by atoms with van der Waals surface area (Å²) in [4.78, 5) is 4.04. The number of hydrogen-bond donors (Lipinski definition) is 2. The molecule has 4 nitrogen and oxygen atoms in total. The minimum absolute atomic E-state index is 0.121. The molecule has 2 fully saturated rings. The van der Waals surface area contributed by atoms with E-state index in [-0.39, 0.29) is 5.82 Å². The van der Waals surface area contributed by atoms with Crippen LogP contribution < -0.4 is 20.4 Å². The standard InChI is InChI=1S/C11H13F3N2.C10H13FN2/c12-11(13,14)9-2-1-3-10(8-9)16-6-4-15-5-7-16;11-9-3-1-2-4-10(9)13-7-5-12-6-8-13/h1-3,8,15H,4-7H2;1-4,12H,5-8H2. The first-order valence-corrected chi connectivity index (χ1v) is 9.78. The summed E-state index contributed by atoms with van der Waals surface area (Å²) in [5.41, 5.74) is 0.795. The van der Waals surface area contributed by atoms with Crippen molar-refractivity contribution in [2.24, 2.45) is 0 Å². The topological polar surface area (TPSA) is 30.5 Å². The van der Waals surface area contributed by atoms with Crippen molar-refractivity contribution in [2.45, 2.75) is 6.18 Å². The fourth-order valence-corrected chi connectivity index (χ4v) is 3.42. The van der Waals surface area contributed by atoms with Gasteiger partial charge in [-0.3, -0.25) is 0 Å². The van der Waals surface area contributed by atoms with Crippen LogP contribution in [0.3, 0.4) is 0 Å². The van der Waals surface area contributed by atoms with Crippen LogP contribution in [0.5, 0.6) is 0 Å². The highest BCUT2D eigenvalue weighted by atomic mass is 19.4. The van der Waals surface area contributed by atoms with Crippen LogP contribution in [0, 0.1) is 5.82 Å². The summed E-state index contributed by atoms with van der Waals surface area (Å²) < 4.78 is 50.8. The molecule has 8 heteroatoms. The molecule has 29 heavy (non-hydrogen) atoms. The van der Waals surface area contributed by atoms with Gasteiger partial charge >= 0.3 is 6.18 Å². The largest absolute Gasteiger partial charge is 0.416 e. The molecule has 2 N–H and O–H groups in total. The molecule has 2 aromatic rings. The molecule has 2 heterocycles. The monoisotopic (exact) mass is 410 g/mol. The number of nitrogens with zero attached hydrogens (tertiary/aromatic N) is 2. The number of hydrogen-bond acceptors (Lipinski definition) is 4. The van der Waals surface area contributed by atoms with E-state index in [9.17, 15) is 17.6 Å². The molecule has 0 saturated carbocycles. The molecule has 0 aliphatic carbocycles. The fourth-order valence-electron chi connectivity index (χ4n) is 3.42. The van der Waals surface area contributed by atoms with Crippen LogP contribution >= 0.6 is 0 Å². The zero-order valence-corrected chi connectivity index (χ0v) is 16.2. The molecule has 0 atom stereocenters. The maximum atomic E-state index is 13.3. The zero-order valence-electron chi connectivity index (χ0n) is 16.2. The third kappa shape index (κ3) is 6.08. The van der Waals surface area contributed by atoms with Gasteiger partial charge in [0.25, 0.3) is 0 Å². The molecule has 2 aromatic carbocycles. The quantitative estimate of drug-likeness (QED) is 0.744. The van der Waals surface area contributed by atoms with Gasteiger partial charge in [0.05, 0.1) is 11.3 Å². The Bertz CT molecular complexity index is 769. The summed E-state index contributed by atoms with van der Waals surface area (Å²) in [6, 6.07) is 12.4.